The zero-order valence-electron chi connectivity index (χ0n) is 8.70. The Bertz CT molecular complexity index is 398. The summed E-state index contributed by atoms with van der Waals surface area (Å²) in [5.41, 5.74) is 0.539. The molecule has 0 saturated heterocycles. The fraction of sp³-hybridized carbons (Fsp3) is 0.364. The van der Waals surface area contributed by atoms with E-state index in [4.69, 9.17) is 14.2 Å². The molecule has 0 aliphatic carbocycles. The maximum absolute atomic E-state index is 11.6. The second-order valence-corrected chi connectivity index (χ2v) is 3.23. The van der Waals surface area contributed by atoms with Crippen LogP contribution in [0, 0.1) is 0 Å². The molecule has 1 heterocycles. The number of carbonyl (C=O) groups is 1. The molecule has 4 heteroatoms. The quantitative estimate of drug-likeness (QED) is 0.741. The van der Waals surface area contributed by atoms with Gasteiger partial charge in [-0.25, -0.2) is 0 Å². The molecule has 1 aromatic rings. The van der Waals surface area contributed by atoms with Gasteiger partial charge in [-0.05, 0) is 6.07 Å². The predicted molar refractivity (Wildman–Crippen MR) is 54.0 cm³/mol. The van der Waals surface area contributed by atoms with Crippen LogP contribution < -0.4 is 14.2 Å². The van der Waals surface area contributed by atoms with Crippen molar-refractivity contribution in [2.75, 3.05) is 20.8 Å². The van der Waals surface area contributed by atoms with E-state index in [9.17, 15) is 4.79 Å². The number of rotatable bonds is 2. The molecule has 0 unspecified atom stereocenters. The van der Waals surface area contributed by atoms with Crippen molar-refractivity contribution in [1.29, 1.82) is 0 Å². The maximum Gasteiger partial charge on any atom is 0.172 e. The highest BCUT2D eigenvalue weighted by atomic mass is 16.5. The molecule has 4 nitrogen and oxygen atoms in total. The highest BCUT2D eigenvalue weighted by Gasteiger charge is 2.23. The Balaban J connectivity index is 2.57. The molecule has 0 aromatic heterocycles. The third-order valence-corrected chi connectivity index (χ3v) is 2.36. The second kappa shape index (κ2) is 3.81. The minimum Gasteiger partial charge on any atom is -0.497 e. The van der Waals surface area contributed by atoms with Gasteiger partial charge < -0.3 is 14.2 Å². The molecule has 15 heavy (non-hydrogen) atoms. The molecule has 0 spiro atoms. The number of methoxy groups -OCH3 is 2. The zero-order valence-corrected chi connectivity index (χ0v) is 8.70. The number of hydrogen-bond donors (Lipinski definition) is 0. The van der Waals surface area contributed by atoms with Gasteiger partial charge in [0.15, 0.2) is 17.3 Å². The van der Waals surface area contributed by atoms with Gasteiger partial charge >= 0.3 is 0 Å². The molecule has 0 atom stereocenters. The van der Waals surface area contributed by atoms with Crippen LogP contribution in [0.5, 0.6) is 17.2 Å². The number of benzene rings is 1. The van der Waals surface area contributed by atoms with Crippen LogP contribution in [0.1, 0.15) is 16.8 Å². The Hall–Kier alpha value is -1.71. The van der Waals surface area contributed by atoms with Gasteiger partial charge in [-0.1, -0.05) is 0 Å². The SMILES string of the molecule is COc1cc(OC)c2c(c1)C(=O)CCO2. The lowest BCUT2D eigenvalue weighted by Crippen LogP contribution is -2.16. The van der Waals surface area contributed by atoms with E-state index < -0.39 is 0 Å². The van der Waals surface area contributed by atoms with E-state index in [0.717, 1.165) is 0 Å². The van der Waals surface area contributed by atoms with Crippen molar-refractivity contribution < 1.29 is 19.0 Å². The lowest BCUT2D eigenvalue weighted by Gasteiger charge is -2.19. The molecule has 0 radical (unpaired) electrons. The van der Waals surface area contributed by atoms with E-state index in [1.54, 1.807) is 19.2 Å². The van der Waals surface area contributed by atoms with Crippen LogP contribution in [0.25, 0.3) is 0 Å². The van der Waals surface area contributed by atoms with E-state index in [0.29, 0.717) is 35.8 Å². The van der Waals surface area contributed by atoms with Crippen LogP contribution in [0.2, 0.25) is 0 Å². The van der Waals surface area contributed by atoms with Gasteiger partial charge in [0.2, 0.25) is 0 Å². The minimum absolute atomic E-state index is 0.0634. The molecule has 0 saturated carbocycles. The number of ketones is 1. The van der Waals surface area contributed by atoms with Crippen molar-refractivity contribution >= 4 is 5.78 Å². The number of ether oxygens (including phenoxy) is 3. The van der Waals surface area contributed by atoms with Crippen molar-refractivity contribution in [2.45, 2.75) is 6.42 Å². The molecule has 1 aromatic carbocycles. The number of hydrogen-bond acceptors (Lipinski definition) is 4. The summed E-state index contributed by atoms with van der Waals surface area (Å²) < 4.78 is 15.6. The first-order valence-electron chi connectivity index (χ1n) is 4.68. The van der Waals surface area contributed by atoms with E-state index in [-0.39, 0.29) is 5.78 Å². The molecule has 0 bridgehead atoms. The molecular formula is C11H12O4. The summed E-state index contributed by atoms with van der Waals surface area (Å²) in [5.74, 6) is 1.73. The van der Waals surface area contributed by atoms with E-state index in [1.807, 2.05) is 0 Å². The monoisotopic (exact) mass is 208 g/mol. The first kappa shape index (κ1) is 9.83. The average Bonchev–Trinajstić information content (AvgIpc) is 2.28. The van der Waals surface area contributed by atoms with Crippen molar-refractivity contribution in [2.24, 2.45) is 0 Å². The van der Waals surface area contributed by atoms with Crippen molar-refractivity contribution in [3.8, 4) is 17.2 Å². The summed E-state index contributed by atoms with van der Waals surface area (Å²) in [6.45, 7) is 0.411. The first-order chi connectivity index (χ1) is 7.26. The van der Waals surface area contributed by atoms with E-state index >= 15 is 0 Å². The highest BCUT2D eigenvalue weighted by Crippen LogP contribution is 2.38. The fourth-order valence-electron chi connectivity index (χ4n) is 1.58. The molecule has 1 aliphatic rings. The second-order valence-electron chi connectivity index (χ2n) is 3.23. The topological polar surface area (TPSA) is 44.8 Å². The summed E-state index contributed by atoms with van der Waals surface area (Å²) in [6.07, 6.45) is 0.406. The number of Topliss-reactive ketones (excluding diaryl/α,β-unsaturated/α-hetero) is 1. The molecule has 0 N–H and O–H groups in total. The fourth-order valence-corrected chi connectivity index (χ4v) is 1.58. The smallest absolute Gasteiger partial charge is 0.172 e. The van der Waals surface area contributed by atoms with Crippen LogP contribution in [-0.2, 0) is 0 Å². The van der Waals surface area contributed by atoms with Gasteiger partial charge in [0.25, 0.3) is 0 Å². The molecule has 0 fully saturated rings. The van der Waals surface area contributed by atoms with Crippen LogP contribution in [0.15, 0.2) is 12.1 Å². The van der Waals surface area contributed by atoms with Gasteiger partial charge in [-0.2, -0.15) is 0 Å². The third-order valence-electron chi connectivity index (χ3n) is 2.36. The average molecular weight is 208 g/mol. The lowest BCUT2D eigenvalue weighted by atomic mass is 10.0. The Labute approximate surface area is 87.8 Å². The summed E-state index contributed by atoms with van der Waals surface area (Å²) in [4.78, 5) is 11.6. The van der Waals surface area contributed by atoms with Crippen LogP contribution in [0.4, 0.5) is 0 Å². The van der Waals surface area contributed by atoms with Gasteiger partial charge in [0, 0.05) is 12.5 Å². The predicted octanol–water partition coefficient (Wildman–Crippen LogP) is 1.67. The number of fused-ring (bicyclic) bond motifs is 1. The zero-order chi connectivity index (χ0) is 10.8. The lowest BCUT2D eigenvalue weighted by molar-refractivity contribution is 0.0930. The highest BCUT2D eigenvalue weighted by molar-refractivity contribution is 6.00. The summed E-state index contributed by atoms with van der Waals surface area (Å²) in [6, 6.07) is 3.39. The van der Waals surface area contributed by atoms with Gasteiger partial charge in [0.05, 0.1) is 26.4 Å². The Morgan fingerprint density at radius 3 is 2.73 bits per heavy atom. The van der Waals surface area contributed by atoms with Crippen LogP contribution in [-0.4, -0.2) is 26.6 Å². The normalized spacial score (nSPS) is 14.1. The largest absolute Gasteiger partial charge is 0.497 e. The summed E-state index contributed by atoms with van der Waals surface area (Å²) in [7, 11) is 3.09. The minimum atomic E-state index is 0.0634. The summed E-state index contributed by atoms with van der Waals surface area (Å²) >= 11 is 0. The van der Waals surface area contributed by atoms with E-state index in [1.165, 1.54) is 7.11 Å². The molecule has 0 amide bonds. The number of carbonyl (C=O) groups excluding carboxylic acids is 1. The van der Waals surface area contributed by atoms with Gasteiger partial charge in [0.1, 0.15) is 5.75 Å². The first-order valence-corrected chi connectivity index (χ1v) is 4.68. The standard InChI is InChI=1S/C11H12O4/c1-13-7-5-8-9(12)3-4-15-11(8)10(6-7)14-2/h5-6H,3-4H2,1-2H3. The Morgan fingerprint density at radius 1 is 1.27 bits per heavy atom. The molecule has 80 valence electrons. The molecular weight excluding hydrogens is 196 g/mol. The maximum atomic E-state index is 11.6. The van der Waals surface area contributed by atoms with Crippen molar-refractivity contribution in [1.82, 2.24) is 0 Å². The van der Waals surface area contributed by atoms with Crippen LogP contribution >= 0.6 is 0 Å². The Kier molecular flexibility index (Phi) is 2.49. The Morgan fingerprint density at radius 2 is 2.07 bits per heavy atom. The third kappa shape index (κ3) is 1.63. The van der Waals surface area contributed by atoms with Gasteiger partial charge in [-0.3, -0.25) is 4.79 Å². The van der Waals surface area contributed by atoms with Crippen molar-refractivity contribution in [3.63, 3.8) is 0 Å². The molecule has 1 aliphatic heterocycles. The van der Waals surface area contributed by atoms with Gasteiger partial charge in [-0.15, -0.1) is 0 Å². The van der Waals surface area contributed by atoms with E-state index in [2.05, 4.69) is 0 Å². The summed E-state index contributed by atoms with van der Waals surface area (Å²) in [5, 5.41) is 0. The van der Waals surface area contributed by atoms with Crippen LogP contribution in [0.3, 0.4) is 0 Å². The molecule has 2 rings (SSSR count). The van der Waals surface area contributed by atoms with Crippen molar-refractivity contribution in [3.05, 3.63) is 17.7 Å².